The van der Waals surface area contributed by atoms with E-state index in [-0.39, 0.29) is 72.8 Å². The fraction of sp³-hybridized carbons (Fsp3) is 0.400. The molecule has 0 heterocycles. The van der Waals surface area contributed by atoms with Gasteiger partial charge in [0.05, 0.1) is 17.3 Å². The normalized spacial score (nSPS) is 10.4. The van der Waals surface area contributed by atoms with Crippen LogP contribution >= 0.6 is 0 Å². The molecule has 131 valence electrons. The molecule has 0 aromatic heterocycles. The number of hydrogen-bond donors (Lipinski definition) is 3. The van der Waals surface area contributed by atoms with Gasteiger partial charge in [0.25, 0.3) is 0 Å². The van der Waals surface area contributed by atoms with Crippen LogP contribution < -0.4 is 0 Å². The zero-order valence-corrected chi connectivity index (χ0v) is 17.2. The van der Waals surface area contributed by atoms with Crippen molar-refractivity contribution in [3.05, 3.63) is 35.5 Å². The van der Waals surface area contributed by atoms with E-state index in [9.17, 15) is 14.4 Å². The topological polar surface area (TPSA) is 143 Å². The Kier molecular flexibility index (Phi) is 30.0. The molecule has 23 heavy (non-hydrogen) atoms. The average Bonchev–Trinajstić information content (AvgIpc) is 2.10. The van der Waals surface area contributed by atoms with Crippen molar-refractivity contribution in [3.63, 3.8) is 0 Å². The number of aliphatic hydroxyl groups excluding tert-OH is 3. The van der Waals surface area contributed by atoms with Crippen LogP contribution in [0.2, 0.25) is 0 Å². The number of carbonyl (C=O) groups excluding carboxylic acids is 3. The molecular weight excluding hydrogens is 381 g/mol. The fourth-order valence-corrected chi connectivity index (χ4v) is 0.882. The first-order valence-electron chi connectivity index (χ1n) is 6.02. The van der Waals surface area contributed by atoms with Gasteiger partial charge in [-0.15, -0.1) is 0 Å². The van der Waals surface area contributed by atoms with E-state index in [0.29, 0.717) is 0 Å². The minimum Gasteiger partial charge on any atom is -0.512 e. The molecule has 7 nitrogen and oxygen atoms in total. The molecule has 0 aliphatic rings. The van der Waals surface area contributed by atoms with Crippen molar-refractivity contribution in [3.8, 4) is 0 Å². The molecule has 0 fully saturated rings. The molecule has 0 aliphatic heterocycles. The number of ketones is 3. The number of hydrogen-bond acceptors (Lipinski definition) is 6. The van der Waals surface area contributed by atoms with Crippen LogP contribution in [0.15, 0.2) is 35.5 Å². The molecule has 0 amide bonds. The Bertz CT molecular complexity index is 370. The summed E-state index contributed by atoms with van der Waals surface area (Å²) in [6.45, 7) is 8.54. The van der Waals surface area contributed by atoms with Crippen LogP contribution in [-0.2, 0) is 47.1 Å². The third-order valence-electron chi connectivity index (χ3n) is 1.24. The van der Waals surface area contributed by atoms with Gasteiger partial charge in [-0.05, 0) is 41.5 Å². The first-order valence-corrected chi connectivity index (χ1v) is 6.02. The van der Waals surface area contributed by atoms with Crippen molar-refractivity contribution in [1.82, 2.24) is 0 Å². The van der Waals surface area contributed by atoms with Crippen LogP contribution in [-0.4, -0.2) is 38.1 Å². The quantitative estimate of drug-likeness (QED) is 0.484. The van der Waals surface area contributed by atoms with Crippen LogP contribution in [0, 0.1) is 0 Å². The van der Waals surface area contributed by atoms with Gasteiger partial charge in [0.15, 0.2) is 17.3 Å². The van der Waals surface area contributed by atoms with E-state index in [1.165, 1.54) is 59.8 Å². The smallest absolute Gasteiger partial charge is 0.155 e. The largest absolute Gasteiger partial charge is 0.512 e. The minimum atomic E-state index is -0.125. The molecule has 5 N–H and O–H groups in total. The van der Waals surface area contributed by atoms with Gasteiger partial charge in [0.1, 0.15) is 0 Å². The Morgan fingerprint density at radius 1 is 0.565 bits per heavy atom. The second-order valence-corrected chi connectivity index (χ2v) is 4.19. The fourth-order valence-electron chi connectivity index (χ4n) is 0.882. The van der Waals surface area contributed by atoms with Gasteiger partial charge in [-0.3, -0.25) is 14.4 Å². The second kappa shape index (κ2) is 20.7. The van der Waals surface area contributed by atoms with Gasteiger partial charge in [0.2, 0.25) is 0 Å². The van der Waals surface area contributed by atoms with E-state index < -0.39 is 0 Å². The van der Waals surface area contributed by atoms with Gasteiger partial charge in [-0.2, -0.15) is 0 Å². The zero-order chi connectivity index (χ0) is 17.6. The van der Waals surface area contributed by atoms with Crippen LogP contribution in [0.3, 0.4) is 0 Å². The Morgan fingerprint density at radius 3 is 0.696 bits per heavy atom. The van der Waals surface area contributed by atoms with E-state index in [2.05, 4.69) is 0 Å². The Morgan fingerprint density at radius 2 is 0.696 bits per heavy atom. The van der Waals surface area contributed by atoms with Crippen LogP contribution in [0.5, 0.6) is 0 Å². The van der Waals surface area contributed by atoms with Gasteiger partial charge in [-0.25, -0.2) is 0 Å². The monoisotopic (exact) mass is 407 g/mol. The molecule has 0 aliphatic carbocycles. The van der Waals surface area contributed by atoms with Gasteiger partial charge in [-0.1, -0.05) is 0 Å². The molecule has 8 heteroatoms. The first-order chi connectivity index (χ1) is 9.38. The van der Waals surface area contributed by atoms with Gasteiger partial charge in [0, 0.05) is 50.9 Å². The van der Waals surface area contributed by atoms with Crippen molar-refractivity contribution in [1.29, 1.82) is 0 Å². The van der Waals surface area contributed by atoms with E-state index in [1.807, 2.05) is 0 Å². The molecule has 0 aromatic rings. The van der Waals surface area contributed by atoms with Crippen molar-refractivity contribution < 1.29 is 67.9 Å². The van der Waals surface area contributed by atoms with E-state index >= 15 is 0 Å². The van der Waals surface area contributed by atoms with Crippen LogP contribution in [0.4, 0.5) is 0 Å². The van der Waals surface area contributed by atoms with Crippen LogP contribution in [0.1, 0.15) is 41.5 Å². The minimum absolute atomic E-state index is 0. The SMILES string of the molecule is CC(=O)/C=C(/C)O.CC(=O)/C=C(/C)O.CC(=O)/C=C(\C)O.O.[Y]. The maximum Gasteiger partial charge on any atom is 0.155 e. The summed E-state index contributed by atoms with van der Waals surface area (Å²) in [5.74, 6) is -0.187. The molecule has 0 bridgehead atoms. The summed E-state index contributed by atoms with van der Waals surface area (Å²) in [4.78, 5) is 30.1. The third kappa shape index (κ3) is 63.2. The Balaban J connectivity index is -0.0000000675. The summed E-state index contributed by atoms with van der Waals surface area (Å²) in [5, 5.41) is 25.1. The summed E-state index contributed by atoms with van der Waals surface area (Å²) in [7, 11) is 0. The molecule has 1 radical (unpaired) electrons. The van der Waals surface area contributed by atoms with Crippen molar-refractivity contribution in [2.75, 3.05) is 0 Å². The number of rotatable bonds is 3. The second-order valence-electron chi connectivity index (χ2n) is 4.19. The predicted octanol–water partition coefficient (Wildman–Crippen LogP) is 2.28. The Labute approximate surface area is 162 Å². The molecule has 0 saturated heterocycles. The van der Waals surface area contributed by atoms with Gasteiger partial charge >= 0.3 is 0 Å². The molecule has 0 unspecified atom stereocenters. The predicted molar refractivity (Wildman–Crippen MR) is 84.8 cm³/mol. The Hall–Kier alpha value is -1.31. The summed E-state index contributed by atoms with van der Waals surface area (Å²) in [5.41, 5.74) is 0. The van der Waals surface area contributed by atoms with Crippen molar-refractivity contribution >= 4 is 17.3 Å². The van der Waals surface area contributed by atoms with Gasteiger partial charge < -0.3 is 20.8 Å². The number of carbonyl (C=O) groups is 3. The molecular formula is C15H26O7Y. The summed E-state index contributed by atoms with van der Waals surface area (Å²) in [6.07, 6.45) is 3.50. The summed E-state index contributed by atoms with van der Waals surface area (Å²) >= 11 is 0. The number of aliphatic hydroxyl groups is 3. The summed E-state index contributed by atoms with van der Waals surface area (Å²) < 4.78 is 0. The maximum atomic E-state index is 10.0. The van der Waals surface area contributed by atoms with Crippen LogP contribution in [0.25, 0.3) is 0 Å². The molecule has 0 aromatic carbocycles. The first kappa shape index (κ1) is 33.3. The maximum absolute atomic E-state index is 10.0. The summed E-state index contributed by atoms with van der Waals surface area (Å²) in [6, 6.07) is 0. The molecule has 0 spiro atoms. The van der Waals surface area contributed by atoms with Crippen molar-refractivity contribution in [2.24, 2.45) is 0 Å². The molecule has 0 rings (SSSR count). The average molecular weight is 407 g/mol. The van der Waals surface area contributed by atoms with Crippen molar-refractivity contribution in [2.45, 2.75) is 41.5 Å². The molecule has 0 atom stereocenters. The van der Waals surface area contributed by atoms with E-state index in [0.717, 1.165) is 0 Å². The number of allylic oxidation sites excluding steroid dienone is 6. The standard InChI is InChI=1S/3C5H8O2.H2O.Y/c3*1-4(6)3-5(2)7;;/h3*3,6H,1-2H3;1H2;/b4-3+;2*4-3-;;. The van der Waals surface area contributed by atoms with E-state index in [4.69, 9.17) is 15.3 Å². The van der Waals surface area contributed by atoms with E-state index in [1.54, 1.807) is 0 Å². The zero-order valence-electron chi connectivity index (χ0n) is 14.4. The molecule has 0 saturated carbocycles. The third-order valence-corrected chi connectivity index (χ3v) is 1.24.